The molecule has 180 valence electrons. The lowest BCUT2D eigenvalue weighted by molar-refractivity contribution is -0.396. The third-order valence-electron chi connectivity index (χ3n) is 5.10. The van der Waals surface area contributed by atoms with Crippen molar-refractivity contribution in [1.82, 2.24) is 0 Å². The van der Waals surface area contributed by atoms with Gasteiger partial charge in [-0.25, -0.2) is 0 Å². The van der Waals surface area contributed by atoms with E-state index in [2.05, 4.69) is 0 Å². The van der Waals surface area contributed by atoms with Crippen molar-refractivity contribution in [2.45, 2.75) is 101 Å². The summed E-state index contributed by atoms with van der Waals surface area (Å²) in [4.78, 5) is 0. The van der Waals surface area contributed by atoms with Crippen LogP contribution in [-0.2, 0) is 9.47 Å². The number of hydrogen-bond donors (Lipinski definition) is 0. The van der Waals surface area contributed by atoms with Crippen LogP contribution in [0.2, 0.25) is 0 Å². The van der Waals surface area contributed by atoms with Gasteiger partial charge in [-0.05, 0) is 38.5 Å². The smallest absolute Gasteiger partial charge is 0.381 e. The largest absolute Gasteiger partial charge is 0.460 e. The number of ether oxygens (including phenoxy) is 2. The van der Waals surface area contributed by atoms with Gasteiger partial charge in [0.05, 0.1) is 6.10 Å². The van der Waals surface area contributed by atoms with Crippen LogP contribution in [0.15, 0.2) is 0 Å². The molecule has 0 aromatic carbocycles. The first-order valence-electron chi connectivity index (χ1n) is 10.2. The van der Waals surface area contributed by atoms with Gasteiger partial charge in [-0.2, -0.15) is 39.5 Å². The van der Waals surface area contributed by atoms with Crippen molar-refractivity contribution >= 4 is 0 Å². The molecule has 30 heavy (non-hydrogen) atoms. The Bertz CT molecular complexity index is 475. The average Bonchev–Trinajstić information content (AvgIpc) is 2.65. The molecule has 11 heteroatoms. The van der Waals surface area contributed by atoms with Crippen molar-refractivity contribution in [2.24, 2.45) is 0 Å². The van der Waals surface area contributed by atoms with Gasteiger partial charge in [0, 0.05) is 26.2 Å². The van der Waals surface area contributed by atoms with Gasteiger partial charge in [0.25, 0.3) is 0 Å². The summed E-state index contributed by atoms with van der Waals surface area (Å²) >= 11 is 0. The van der Waals surface area contributed by atoms with Crippen molar-refractivity contribution in [2.75, 3.05) is 19.8 Å². The maximum Gasteiger partial charge on any atom is 0.460 e. The molecule has 0 bridgehead atoms. The van der Waals surface area contributed by atoms with E-state index >= 15 is 0 Å². The Hall–Kier alpha value is -0.710. The van der Waals surface area contributed by atoms with E-state index < -0.39 is 36.8 Å². The fourth-order valence-electron chi connectivity index (χ4n) is 3.17. The summed E-state index contributed by atoms with van der Waals surface area (Å²) in [5.74, 6) is -18.8. The molecule has 0 radical (unpaired) electrons. The first-order chi connectivity index (χ1) is 13.8. The Morgan fingerprint density at radius 2 is 1.30 bits per heavy atom. The minimum atomic E-state index is -6.80. The van der Waals surface area contributed by atoms with Gasteiger partial charge in [0.2, 0.25) is 0 Å². The van der Waals surface area contributed by atoms with E-state index in [1.165, 1.54) is 0 Å². The third kappa shape index (κ3) is 7.76. The first-order valence-corrected chi connectivity index (χ1v) is 10.2. The second-order valence-corrected chi connectivity index (χ2v) is 7.61. The monoisotopic (exact) mass is 460 g/mol. The molecule has 0 aliphatic carbocycles. The maximum absolute atomic E-state index is 13.4. The Balaban J connectivity index is 2.11. The van der Waals surface area contributed by atoms with E-state index in [1.807, 2.05) is 0 Å². The SMILES string of the molecule is FC(F)(F)C(F)(F)C(F)(F)C(F)(F)CCCCCCCCOCCC1CCCCO1. The lowest BCUT2D eigenvalue weighted by atomic mass is 9.98. The summed E-state index contributed by atoms with van der Waals surface area (Å²) in [7, 11) is 0. The van der Waals surface area contributed by atoms with E-state index in [0.29, 0.717) is 32.5 Å². The van der Waals surface area contributed by atoms with Crippen LogP contribution in [0.4, 0.5) is 39.5 Å². The van der Waals surface area contributed by atoms with Gasteiger partial charge in [-0.3, -0.25) is 0 Å². The lowest BCUT2D eigenvalue weighted by Gasteiger charge is -2.33. The van der Waals surface area contributed by atoms with Crippen LogP contribution >= 0.6 is 0 Å². The molecule has 1 heterocycles. The number of halogens is 9. The van der Waals surface area contributed by atoms with Crippen molar-refractivity contribution < 1.29 is 49.0 Å². The normalized spacial score (nSPS) is 19.3. The van der Waals surface area contributed by atoms with Crippen LogP contribution in [0.1, 0.15) is 70.6 Å². The van der Waals surface area contributed by atoms with Crippen LogP contribution in [0.3, 0.4) is 0 Å². The predicted molar refractivity (Wildman–Crippen MR) is 92.2 cm³/mol. The second-order valence-electron chi connectivity index (χ2n) is 7.61. The molecule has 1 aliphatic rings. The van der Waals surface area contributed by atoms with E-state index in [9.17, 15) is 39.5 Å². The summed E-state index contributed by atoms with van der Waals surface area (Å²) in [6.45, 7) is 1.87. The molecule has 1 atom stereocenters. The first kappa shape index (κ1) is 27.3. The molecule has 1 unspecified atom stereocenters. The standard InChI is InChI=1S/C19H29F9O2/c20-16(21,17(22,23)18(24,25)19(26,27)28)11-6-3-1-2-4-7-12-29-14-10-15-9-5-8-13-30-15/h15H,1-14H2. The highest BCUT2D eigenvalue weighted by Crippen LogP contribution is 2.54. The van der Waals surface area contributed by atoms with Gasteiger partial charge in [0.15, 0.2) is 0 Å². The van der Waals surface area contributed by atoms with Gasteiger partial charge in [-0.15, -0.1) is 0 Å². The van der Waals surface area contributed by atoms with E-state index in [4.69, 9.17) is 9.47 Å². The van der Waals surface area contributed by atoms with E-state index in [0.717, 1.165) is 38.7 Å². The van der Waals surface area contributed by atoms with Gasteiger partial charge < -0.3 is 9.47 Å². The van der Waals surface area contributed by atoms with Gasteiger partial charge >= 0.3 is 23.9 Å². The van der Waals surface area contributed by atoms with Crippen LogP contribution < -0.4 is 0 Å². The van der Waals surface area contributed by atoms with E-state index in [1.54, 1.807) is 0 Å². The van der Waals surface area contributed by atoms with Crippen LogP contribution in [-0.4, -0.2) is 49.9 Å². The van der Waals surface area contributed by atoms with Crippen molar-refractivity contribution in [1.29, 1.82) is 0 Å². The zero-order valence-electron chi connectivity index (χ0n) is 16.7. The van der Waals surface area contributed by atoms with Crippen molar-refractivity contribution in [3.63, 3.8) is 0 Å². The number of alkyl halides is 9. The minimum absolute atomic E-state index is 0.0309. The highest BCUT2D eigenvalue weighted by atomic mass is 19.4. The van der Waals surface area contributed by atoms with Crippen molar-refractivity contribution in [3.8, 4) is 0 Å². The molecule has 1 fully saturated rings. The third-order valence-corrected chi connectivity index (χ3v) is 5.10. The quantitative estimate of drug-likeness (QED) is 0.202. The summed E-state index contributed by atoms with van der Waals surface area (Å²) in [5, 5.41) is 0. The summed E-state index contributed by atoms with van der Waals surface area (Å²) in [6.07, 6.45) is -2.31. The van der Waals surface area contributed by atoms with E-state index in [-0.39, 0.29) is 12.5 Å². The predicted octanol–water partition coefficient (Wildman–Crippen LogP) is 7.16. The molecule has 1 aliphatic heterocycles. The second kappa shape index (κ2) is 11.8. The summed E-state index contributed by atoms with van der Waals surface area (Å²) in [5.41, 5.74) is 0. The molecule has 0 aromatic rings. The van der Waals surface area contributed by atoms with Gasteiger partial charge in [-0.1, -0.05) is 25.7 Å². The number of rotatable bonds is 14. The Morgan fingerprint density at radius 1 is 0.700 bits per heavy atom. The fraction of sp³-hybridized carbons (Fsp3) is 1.00. The number of hydrogen-bond acceptors (Lipinski definition) is 2. The molecule has 1 saturated heterocycles. The fourth-order valence-corrected chi connectivity index (χ4v) is 3.17. The van der Waals surface area contributed by atoms with Crippen LogP contribution in [0.5, 0.6) is 0 Å². The highest BCUT2D eigenvalue weighted by molar-refractivity contribution is 5.00. The Morgan fingerprint density at radius 3 is 1.87 bits per heavy atom. The van der Waals surface area contributed by atoms with Crippen LogP contribution in [0.25, 0.3) is 0 Å². The summed E-state index contributed by atoms with van der Waals surface area (Å²) in [6, 6.07) is 0. The molecule has 0 aromatic heterocycles. The zero-order chi connectivity index (χ0) is 22.9. The highest BCUT2D eigenvalue weighted by Gasteiger charge is 2.81. The molecular weight excluding hydrogens is 431 g/mol. The van der Waals surface area contributed by atoms with Gasteiger partial charge in [0.1, 0.15) is 0 Å². The zero-order valence-corrected chi connectivity index (χ0v) is 16.7. The molecule has 2 nitrogen and oxygen atoms in total. The molecular formula is C19H29F9O2. The lowest BCUT2D eigenvalue weighted by Crippen LogP contribution is -2.60. The molecule has 0 N–H and O–H groups in total. The minimum Gasteiger partial charge on any atom is -0.381 e. The Labute approximate surface area is 170 Å². The average molecular weight is 460 g/mol. The molecule has 1 rings (SSSR count). The van der Waals surface area contributed by atoms with Crippen molar-refractivity contribution in [3.05, 3.63) is 0 Å². The number of unbranched alkanes of at least 4 members (excludes halogenated alkanes) is 5. The maximum atomic E-state index is 13.4. The summed E-state index contributed by atoms with van der Waals surface area (Å²) < 4.78 is 126. The molecule has 0 spiro atoms. The van der Waals surface area contributed by atoms with Crippen LogP contribution in [0, 0.1) is 0 Å². The molecule has 0 saturated carbocycles. The molecule has 0 amide bonds. The Kier molecular flexibility index (Phi) is 10.7. The topological polar surface area (TPSA) is 18.5 Å².